The minimum Gasteiger partial charge on any atom is -0.492 e. The van der Waals surface area contributed by atoms with Gasteiger partial charge in [-0.1, -0.05) is 42.6 Å². The van der Waals surface area contributed by atoms with Crippen LogP contribution in [0, 0.1) is 10.1 Å². The van der Waals surface area contributed by atoms with Crippen LogP contribution in [-0.4, -0.2) is 53.5 Å². The summed E-state index contributed by atoms with van der Waals surface area (Å²) in [6.45, 7) is 9.45. The molecule has 0 fully saturated rings. The quantitative estimate of drug-likeness (QED) is 0.331. The van der Waals surface area contributed by atoms with Gasteiger partial charge in [0.15, 0.2) is 5.13 Å². The Morgan fingerprint density at radius 2 is 1.90 bits per heavy atom. The first-order valence-electron chi connectivity index (χ1n) is 9.79. The number of nitrogens with zero attached hydrogens (tertiary/aromatic N) is 4. The lowest BCUT2D eigenvalue weighted by atomic mass is 10.3. The first kappa shape index (κ1) is 22.1. The van der Waals surface area contributed by atoms with Gasteiger partial charge in [0.1, 0.15) is 11.3 Å². The first-order valence-corrected chi connectivity index (χ1v) is 11.4. The second-order valence-electron chi connectivity index (χ2n) is 6.41. The van der Waals surface area contributed by atoms with Crippen LogP contribution in [0.3, 0.4) is 0 Å². The van der Waals surface area contributed by atoms with Crippen molar-refractivity contribution in [1.82, 2.24) is 9.88 Å². The molecule has 1 aromatic carbocycles. The highest BCUT2D eigenvalue weighted by Crippen LogP contribution is 2.35. The number of nitro groups is 1. The van der Waals surface area contributed by atoms with Crippen molar-refractivity contribution in [3.8, 4) is 5.75 Å². The number of fused-ring (bicyclic) bond motifs is 1. The van der Waals surface area contributed by atoms with Crippen molar-refractivity contribution in [2.75, 3.05) is 37.7 Å². The van der Waals surface area contributed by atoms with E-state index in [0.29, 0.717) is 35.5 Å². The van der Waals surface area contributed by atoms with E-state index in [9.17, 15) is 14.9 Å². The summed E-state index contributed by atoms with van der Waals surface area (Å²) in [5.41, 5.74) is 0.720. The molecule has 0 saturated heterocycles. The number of hydrogen-bond donors (Lipinski definition) is 0. The maximum absolute atomic E-state index is 13.3. The van der Waals surface area contributed by atoms with Gasteiger partial charge in [-0.2, -0.15) is 0 Å². The van der Waals surface area contributed by atoms with Crippen LogP contribution in [0.2, 0.25) is 0 Å². The molecule has 3 aromatic rings. The number of thiazole rings is 1. The third-order valence-electron chi connectivity index (χ3n) is 4.66. The Kier molecular flexibility index (Phi) is 7.35. The fourth-order valence-electron chi connectivity index (χ4n) is 3.04. The molecule has 10 heteroatoms. The predicted molar refractivity (Wildman–Crippen MR) is 121 cm³/mol. The zero-order valence-electron chi connectivity index (χ0n) is 17.2. The third kappa shape index (κ3) is 4.77. The number of ether oxygens (including phenoxy) is 1. The maximum Gasteiger partial charge on any atom is 0.324 e. The molecule has 0 aliphatic rings. The van der Waals surface area contributed by atoms with Crippen molar-refractivity contribution in [2.24, 2.45) is 0 Å². The van der Waals surface area contributed by atoms with Gasteiger partial charge in [0.25, 0.3) is 5.91 Å². The van der Waals surface area contributed by atoms with Gasteiger partial charge in [0, 0.05) is 19.2 Å². The standard InChI is InChI=1S/C20H24N4O4S2/c1-4-22(5-2)12-13-23(19(25)16-10-11-17(29-16)24(26)27)20-21-18-14(28-6-3)8-7-9-15(18)30-20/h7-11H,4-6,12-13H2,1-3H3. The van der Waals surface area contributed by atoms with E-state index in [1.54, 1.807) is 4.90 Å². The van der Waals surface area contributed by atoms with Crippen LogP contribution in [0.4, 0.5) is 10.1 Å². The lowest BCUT2D eigenvalue weighted by molar-refractivity contribution is -0.380. The fourth-order valence-corrected chi connectivity index (χ4v) is 4.82. The van der Waals surface area contributed by atoms with Crippen molar-refractivity contribution >= 4 is 48.9 Å². The fraction of sp³-hybridized carbons (Fsp3) is 0.400. The van der Waals surface area contributed by atoms with E-state index in [-0.39, 0.29) is 10.9 Å². The molecule has 0 saturated carbocycles. The number of benzene rings is 1. The Hall–Kier alpha value is -2.56. The van der Waals surface area contributed by atoms with Gasteiger partial charge in [-0.05, 0) is 38.2 Å². The van der Waals surface area contributed by atoms with Crippen molar-refractivity contribution in [1.29, 1.82) is 0 Å². The summed E-state index contributed by atoms with van der Waals surface area (Å²) in [4.78, 5) is 32.7. The molecule has 0 aliphatic carbocycles. The van der Waals surface area contributed by atoms with Gasteiger partial charge in [-0.25, -0.2) is 4.98 Å². The van der Waals surface area contributed by atoms with Crippen molar-refractivity contribution in [2.45, 2.75) is 20.8 Å². The number of carbonyl (C=O) groups is 1. The predicted octanol–water partition coefficient (Wildman–Crippen LogP) is 4.65. The second kappa shape index (κ2) is 9.96. The van der Waals surface area contributed by atoms with Gasteiger partial charge < -0.3 is 9.64 Å². The van der Waals surface area contributed by atoms with Crippen molar-refractivity contribution < 1.29 is 14.5 Å². The molecule has 0 aliphatic heterocycles. The minimum atomic E-state index is -0.478. The average molecular weight is 449 g/mol. The van der Waals surface area contributed by atoms with Crippen LogP contribution in [0.5, 0.6) is 5.75 Å². The smallest absolute Gasteiger partial charge is 0.324 e. The molecule has 8 nitrogen and oxygen atoms in total. The summed E-state index contributed by atoms with van der Waals surface area (Å²) in [6.07, 6.45) is 0. The SMILES string of the molecule is CCOc1cccc2sc(N(CCN(CC)CC)C(=O)c3ccc([N+](=O)[O-])s3)nc12. The number of likely N-dealkylation sites (N-methyl/N-ethyl adjacent to an activating group) is 1. The molecule has 3 rings (SSSR count). The molecule has 2 aromatic heterocycles. The number of aromatic nitrogens is 1. The molecule has 0 N–H and O–H groups in total. The summed E-state index contributed by atoms with van der Waals surface area (Å²) in [5, 5.41) is 11.6. The first-order chi connectivity index (χ1) is 14.5. The number of carbonyl (C=O) groups excluding carboxylic acids is 1. The third-order valence-corrected chi connectivity index (χ3v) is 6.73. The molecule has 0 atom stereocenters. The number of thiophene rings is 1. The minimum absolute atomic E-state index is 0.0509. The van der Waals surface area contributed by atoms with Gasteiger partial charge in [-0.3, -0.25) is 19.8 Å². The molecule has 1 amide bonds. The Bertz CT molecular complexity index is 1030. The molecule has 0 unspecified atom stereocenters. The van der Waals surface area contributed by atoms with Crippen LogP contribution in [0.1, 0.15) is 30.4 Å². The van der Waals surface area contributed by atoms with E-state index in [2.05, 4.69) is 18.7 Å². The monoisotopic (exact) mass is 448 g/mol. The Labute approximate surface area is 182 Å². The van der Waals surface area contributed by atoms with E-state index in [0.717, 1.165) is 34.6 Å². The summed E-state index contributed by atoms with van der Waals surface area (Å²) in [7, 11) is 0. The molecular weight excluding hydrogens is 424 g/mol. The lowest BCUT2D eigenvalue weighted by Gasteiger charge is -2.24. The zero-order chi connectivity index (χ0) is 21.7. The van der Waals surface area contributed by atoms with E-state index >= 15 is 0 Å². The van der Waals surface area contributed by atoms with Crippen LogP contribution in [0.15, 0.2) is 30.3 Å². The van der Waals surface area contributed by atoms with Gasteiger partial charge in [0.05, 0.1) is 21.1 Å². The molecular formula is C20H24N4O4S2. The largest absolute Gasteiger partial charge is 0.492 e. The number of rotatable bonds is 10. The maximum atomic E-state index is 13.3. The van der Waals surface area contributed by atoms with Gasteiger partial charge in [-0.15, -0.1) is 0 Å². The highest BCUT2D eigenvalue weighted by Gasteiger charge is 2.25. The van der Waals surface area contributed by atoms with Crippen molar-refractivity contribution in [3.05, 3.63) is 45.3 Å². The second-order valence-corrected chi connectivity index (χ2v) is 8.48. The van der Waals surface area contributed by atoms with Gasteiger partial charge >= 0.3 is 5.00 Å². The molecule has 0 bridgehead atoms. The summed E-state index contributed by atoms with van der Waals surface area (Å²) >= 11 is 2.30. The molecule has 0 spiro atoms. The Morgan fingerprint density at radius 3 is 2.53 bits per heavy atom. The van der Waals surface area contributed by atoms with E-state index < -0.39 is 4.92 Å². The summed E-state index contributed by atoms with van der Waals surface area (Å²) in [5.74, 6) is 0.401. The topological polar surface area (TPSA) is 88.8 Å². The van der Waals surface area contributed by atoms with Crippen LogP contribution >= 0.6 is 22.7 Å². The number of para-hydroxylation sites is 1. The zero-order valence-corrected chi connectivity index (χ0v) is 18.8. The summed E-state index contributed by atoms with van der Waals surface area (Å²) in [6, 6.07) is 8.59. The van der Waals surface area contributed by atoms with Crippen LogP contribution < -0.4 is 9.64 Å². The van der Waals surface area contributed by atoms with E-state index in [1.807, 2.05) is 25.1 Å². The molecule has 0 radical (unpaired) electrons. The highest BCUT2D eigenvalue weighted by molar-refractivity contribution is 7.22. The summed E-state index contributed by atoms with van der Waals surface area (Å²) < 4.78 is 6.60. The van der Waals surface area contributed by atoms with E-state index in [1.165, 1.54) is 23.5 Å². The molecule has 160 valence electrons. The number of amides is 1. The average Bonchev–Trinajstić information content (AvgIpc) is 3.39. The highest BCUT2D eigenvalue weighted by atomic mass is 32.1. The lowest BCUT2D eigenvalue weighted by Crippen LogP contribution is -2.38. The van der Waals surface area contributed by atoms with Crippen molar-refractivity contribution in [3.63, 3.8) is 0 Å². The Balaban J connectivity index is 1.98. The van der Waals surface area contributed by atoms with E-state index in [4.69, 9.17) is 9.72 Å². The molecule has 2 heterocycles. The van der Waals surface area contributed by atoms with Crippen LogP contribution in [-0.2, 0) is 0 Å². The van der Waals surface area contributed by atoms with Gasteiger partial charge in [0.2, 0.25) is 0 Å². The number of anilines is 1. The van der Waals surface area contributed by atoms with Crippen LogP contribution in [0.25, 0.3) is 10.2 Å². The molecule has 30 heavy (non-hydrogen) atoms. The normalized spacial score (nSPS) is 11.2. The number of hydrogen-bond acceptors (Lipinski definition) is 8. The Morgan fingerprint density at radius 1 is 1.13 bits per heavy atom.